The summed E-state index contributed by atoms with van der Waals surface area (Å²) in [6.07, 6.45) is -3.54. The number of nitrogens with one attached hydrogen (secondary N) is 1. The van der Waals surface area contributed by atoms with Gasteiger partial charge in [0.2, 0.25) is 0 Å². The van der Waals surface area contributed by atoms with E-state index in [1.54, 1.807) is 24.3 Å². The lowest BCUT2D eigenvalue weighted by atomic mass is 9.99. The number of anilines is 1. The van der Waals surface area contributed by atoms with Crippen LogP contribution < -0.4 is 10.1 Å². The molecule has 0 amide bonds. The van der Waals surface area contributed by atoms with Crippen molar-refractivity contribution in [1.82, 2.24) is 0 Å². The summed E-state index contributed by atoms with van der Waals surface area (Å²) in [5, 5.41) is 3.25. The second-order valence-corrected chi connectivity index (χ2v) is 6.52. The van der Waals surface area contributed by atoms with Crippen LogP contribution in [0.2, 0.25) is 0 Å². The molecule has 0 radical (unpaired) electrons. The maximum atomic E-state index is 13.6. The molecular weight excluding hydrogens is 387 g/mol. The lowest BCUT2D eigenvalue weighted by Gasteiger charge is -2.16. The van der Waals surface area contributed by atoms with Gasteiger partial charge in [0.15, 0.2) is 0 Å². The van der Waals surface area contributed by atoms with Gasteiger partial charge in [0.25, 0.3) is 0 Å². The summed E-state index contributed by atoms with van der Waals surface area (Å²) in [6.45, 7) is 0.744. The van der Waals surface area contributed by atoms with Gasteiger partial charge in [-0.3, -0.25) is 0 Å². The molecule has 1 N–H and O–H groups in total. The molecule has 0 fully saturated rings. The summed E-state index contributed by atoms with van der Waals surface area (Å²) in [4.78, 5) is 0. The van der Waals surface area contributed by atoms with Crippen molar-refractivity contribution in [3.63, 3.8) is 0 Å². The molecule has 3 aromatic rings. The third kappa shape index (κ3) is 4.25. The maximum absolute atomic E-state index is 13.6. The Morgan fingerprint density at radius 1 is 0.893 bits per heavy atom. The van der Waals surface area contributed by atoms with E-state index in [-0.39, 0.29) is 24.6 Å². The van der Waals surface area contributed by atoms with Crippen LogP contribution in [0, 0.1) is 0 Å². The highest BCUT2D eigenvalue weighted by atomic mass is 35.5. The van der Waals surface area contributed by atoms with Crippen LogP contribution in [-0.4, -0.2) is 6.54 Å². The first-order chi connectivity index (χ1) is 13.0. The third-order valence-electron chi connectivity index (χ3n) is 4.70. The highest BCUT2D eigenvalue weighted by Gasteiger charge is 2.33. The van der Waals surface area contributed by atoms with Crippen molar-refractivity contribution in [3.8, 4) is 16.9 Å². The lowest BCUT2D eigenvalue weighted by Crippen LogP contribution is -2.11. The molecule has 1 heterocycles. The Labute approximate surface area is 167 Å². The predicted octanol–water partition coefficient (Wildman–Crippen LogP) is 6.34. The molecule has 0 unspecified atom stereocenters. The number of halogens is 4. The fraction of sp³-hybridized carbons (Fsp3) is 0.182. The topological polar surface area (TPSA) is 21.3 Å². The van der Waals surface area contributed by atoms with E-state index in [4.69, 9.17) is 4.74 Å². The summed E-state index contributed by atoms with van der Waals surface area (Å²) >= 11 is 0. The molecule has 0 saturated carbocycles. The zero-order chi connectivity index (χ0) is 18.9. The molecule has 0 spiro atoms. The van der Waals surface area contributed by atoms with Gasteiger partial charge in [-0.1, -0.05) is 42.5 Å². The Kier molecular flexibility index (Phi) is 5.84. The quantitative estimate of drug-likeness (QED) is 0.546. The highest BCUT2D eigenvalue weighted by Crippen LogP contribution is 2.36. The van der Waals surface area contributed by atoms with Gasteiger partial charge in [0.1, 0.15) is 12.4 Å². The first-order valence-electron chi connectivity index (χ1n) is 8.76. The zero-order valence-electron chi connectivity index (χ0n) is 14.9. The van der Waals surface area contributed by atoms with Crippen LogP contribution in [0.4, 0.5) is 18.9 Å². The van der Waals surface area contributed by atoms with E-state index in [0.29, 0.717) is 11.3 Å². The first-order valence-corrected chi connectivity index (χ1v) is 8.76. The molecule has 0 aromatic heterocycles. The molecule has 1 aliphatic heterocycles. The summed E-state index contributed by atoms with van der Waals surface area (Å²) in [5.74, 6) is 0.581. The molecule has 4 rings (SSSR count). The van der Waals surface area contributed by atoms with E-state index in [9.17, 15) is 13.2 Å². The molecule has 146 valence electrons. The van der Waals surface area contributed by atoms with Gasteiger partial charge in [-0.25, -0.2) is 0 Å². The summed E-state index contributed by atoms with van der Waals surface area (Å²) in [7, 11) is 0. The number of hydrogen-bond acceptors (Lipinski definition) is 2. The van der Waals surface area contributed by atoms with Crippen molar-refractivity contribution >= 4 is 18.1 Å². The normalized spacial score (nSPS) is 12.7. The first kappa shape index (κ1) is 20.1. The Balaban J connectivity index is 0.00000225. The van der Waals surface area contributed by atoms with E-state index in [1.807, 2.05) is 30.3 Å². The zero-order valence-corrected chi connectivity index (χ0v) is 15.7. The maximum Gasteiger partial charge on any atom is 0.416 e. The van der Waals surface area contributed by atoms with E-state index in [2.05, 4.69) is 5.32 Å². The smallest absolute Gasteiger partial charge is 0.416 e. The molecule has 0 saturated heterocycles. The van der Waals surface area contributed by atoms with Crippen LogP contribution in [0.25, 0.3) is 11.1 Å². The number of rotatable bonds is 4. The molecule has 28 heavy (non-hydrogen) atoms. The summed E-state index contributed by atoms with van der Waals surface area (Å²) in [6, 6.07) is 19.0. The van der Waals surface area contributed by atoms with Gasteiger partial charge in [0.05, 0.1) is 5.56 Å². The van der Waals surface area contributed by atoms with Crippen LogP contribution in [0.3, 0.4) is 0 Å². The fourth-order valence-corrected chi connectivity index (χ4v) is 3.31. The number of benzene rings is 3. The number of hydrogen-bond donors (Lipinski definition) is 1. The van der Waals surface area contributed by atoms with Gasteiger partial charge < -0.3 is 10.1 Å². The highest BCUT2D eigenvalue weighted by molar-refractivity contribution is 5.85. The van der Waals surface area contributed by atoms with Crippen LogP contribution in [0.5, 0.6) is 5.75 Å². The van der Waals surface area contributed by atoms with Crippen molar-refractivity contribution in [2.24, 2.45) is 0 Å². The van der Waals surface area contributed by atoms with E-state index >= 15 is 0 Å². The van der Waals surface area contributed by atoms with Crippen molar-refractivity contribution in [1.29, 1.82) is 0 Å². The van der Waals surface area contributed by atoms with Crippen molar-refractivity contribution in [2.45, 2.75) is 19.2 Å². The molecule has 0 bridgehead atoms. The molecule has 6 heteroatoms. The Bertz CT molecular complexity index is 958. The third-order valence-corrected chi connectivity index (χ3v) is 4.70. The van der Waals surface area contributed by atoms with Crippen LogP contribution >= 0.6 is 12.4 Å². The lowest BCUT2D eigenvalue weighted by molar-refractivity contribution is -0.138. The minimum absolute atomic E-state index is 0. The van der Waals surface area contributed by atoms with E-state index < -0.39 is 11.7 Å². The van der Waals surface area contributed by atoms with E-state index in [0.717, 1.165) is 29.8 Å². The average Bonchev–Trinajstić information content (AvgIpc) is 3.14. The molecule has 1 aliphatic rings. The second-order valence-electron chi connectivity index (χ2n) is 6.52. The van der Waals surface area contributed by atoms with Gasteiger partial charge in [-0.15, -0.1) is 12.4 Å². The molecule has 3 aromatic carbocycles. The van der Waals surface area contributed by atoms with E-state index in [1.165, 1.54) is 12.1 Å². The van der Waals surface area contributed by atoms with Crippen molar-refractivity contribution < 1.29 is 17.9 Å². The van der Waals surface area contributed by atoms with Gasteiger partial charge in [-0.2, -0.15) is 13.2 Å². The van der Waals surface area contributed by atoms with Crippen LogP contribution in [0.1, 0.15) is 16.7 Å². The Hall–Kier alpha value is -2.66. The predicted molar refractivity (Wildman–Crippen MR) is 107 cm³/mol. The molecule has 0 aliphatic carbocycles. The van der Waals surface area contributed by atoms with Crippen LogP contribution in [0.15, 0.2) is 66.7 Å². The minimum atomic E-state index is -4.44. The Morgan fingerprint density at radius 2 is 1.68 bits per heavy atom. The monoisotopic (exact) mass is 405 g/mol. The Morgan fingerprint density at radius 3 is 2.43 bits per heavy atom. The number of fused-ring (bicyclic) bond motifs is 1. The van der Waals surface area contributed by atoms with Crippen molar-refractivity contribution in [3.05, 3.63) is 83.4 Å². The largest absolute Gasteiger partial charge is 0.489 e. The van der Waals surface area contributed by atoms with Crippen molar-refractivity contribution in [2.75, 3.05) is 11.9 Å². The summed E-state index contributed by atoms with van der Waals surface area (Å²) < 4.78 is 46.4. The standard InChI is InChI=1S/C22H18F3NO.ClH/c23-22(24,25)20-13-16(15-4-2-1-3-5-15)6-7-18(20)14-27-19-8-9-21-17(12-19)10-11-26-21;/h1-9,12-13,26H,10-11,14H2;1H. The number of alkyl halides is 3. The molecule has 0 atom stereocenters. The fourth-order valence-electron chi connectivity index (χ4n) is 3.31. The number of ether oxygens (including phenoxy) is 1. The minimum Gasteiger partial charge on any atom is -0.489 e. The van der Waals surface area contributed by atoms with Crippen LogP contribution in [-0.2, 0) is 19.2 Å². The average molecular weight is 406 g/mol. The molecular formula is C22H19ClF3NO. The van der Waals surface area contributed by atoms with Gasteiger partial charge >= 0.3 is 6.18 Å². The molecule has 2 nitrogen and oxygen atoms in total. The summed E-state index contributed by atoms with van der Waals surface area (Å²) in [5.41, 5.74) is 2.94. The van der Waals surface area contributed by atoms with Gasteiger partial charge in [-0.05, 0) is 47.4 Å². The second kappa shape index (κ2) is 8.15. The SMILES string of the molecule is Cl.FC(F)(F)c1cc(-c2ccccc2)ccc1COc1ccc2c(c1)CCN2. The van der Waals surface area contributed by atoms with Gasteiger partial charge in [0, 0.05) is 17.8 Å².